The first-order chi connectivity index (χ1) is 8.82. The number of benzene rings is 1. The minimum Gasteiger partial charge on any atom is -0.478 e. The summed E-state index contributed by atoms with van der Waals surface area (Å²) in [6.45, 7) is 5.11. The molecule has 19 heavy (non-hydrogen) atoms. The standard InChI is InChI=1S/C13H17NO4S/c1-9-7-14(8-10(9)2)19(17,18)12-5-3-11(4-6-12)13(15)16/h3-6,9-10H,7-8H2,1-2H3,(H,15,16). The molecule has 1 fully saturated rings. The van der Waals surface area contributed by atoms with Crippen LogP contribution < -0.4 is 0 Å². The van der Waals surface area contributed by atoms with Gasteiger partial charge in [0.25, 0.3) is 0 Å². The number of sulfonamides is 1. The van der Waals surface area contributed by atoms with E-state index in [9.17, 15) is 13.2 Å². The molecule has 1 saturated heterocycles. The molecule has 1 aliphatic rings. The van der Waals surface area contributed by atoms with Gasteiger partial charge in [0.15, 0.2) is 0 Å². The minimum atomic E-state index is -3.51. The van der Waals surface area contributed by atoms with Crippen molar-refractivity contribution in [1.29, 1.82) is 0 Å². The molecule has 0 amide bonds. The van der Waals surface area contributed by atoms with E-state index in [1.54, 1.807) is 0 Å². The second kappa shape index (κ2) is 4.94. The molecular formula is C13H17NO4S. The van der Waals surface area contributed by atoms with E-state index in [-0.39, 0.29) is 10.5 Å². The zero-order valence-electron chi connectivity index (χ0n) is 10.9. The molecule has 6 heteroatoms. The Morgan fingerprint density at radius 2 is 1.63 bits per heavy atom. The maximum Gasteiger partial charge on any atom is 0.335 e. The van der Waals surface area contributed by atoms with Crippen LogP contribution in [0.1, 0.15) is 24.2 Å². The SMILES string of the molecule is CC1CN(S(=O)(=O)c2ccc(C(=O)O)cc2)CC1C. The summed E-state index contributed by atoms with van der Waals surface area (Å²) in [6, 6.07) is 5.34. The van der Waals surface area contributed by atoms with Crippen molar-refractivity contribution in [2.75, 3.05) is 13.1 Å². The van der Waals surface area contributed by atoms with Crippen molar-refractivity contribution >= 4 is 16.0 Å². The van der Waals surface area contributed by atoms with Crippen LogP contribution in [-0.4, -0.2) is 36.9 Å². The van der Waals surface area contributed by atoms with E-state index in [0.717, 1.165) is 0 Å². The molecule has 0 aliphatic carbocycles. The lowest BCUT2D eigenvalue weighted by molar-refractivity contribution is 0.0696. The number of nitrogens with zero attached hydrogens (tertiary/aromatic N) is 1. The second-order valence-electron chi connectivity index (χ2n) is 5.11. The maximum absolute atomic E-state index is 12.4. The second-order valence-corrected chi connectivity index (χ2v) is 7.04. The number of hydrogen-bond donors (Lipinski definition) is 1. The molecule has 0 spiro atoms. The van der Waals surface area contributed by atoms with Gasteiger partial charge in [-0.1, -0.05) is 13.8 Å². The van der Waals surface area contributed by atoms with Gasteiger partial charge in [-0.25, -0.2) is 13.2 Å². The normalized spacial score (nSPS) is 24.5. The first kappa shape index (κ1) is 14.0. The van der Waals surface area contributed by atoms with Gasteiger partial charge in [0, 0.05) is 13.1 Å². The van der Waals surface area contributed by atoms with Gasteiger partial charge in [0.1, 0.15) is 0 Å². The highest BCUT2D eigenvalue weighted by Gasteiger charge is 2.34. The number of carboxylic acids is 1. The zero-order valence-corrected chi connectivity index (χ0v) is 11.7. The fourth-order valence-electron chi connectivity index (χ4n) is 2.19. The van der Waals surface area contributed by atoms with Crippen molar-refractivity contribution in [3.05, 3.63) is 29.8 Å². The molecule has 104 valence electrons. The van der Waals surface area contributed by atoms with Crippen LogP contribution in [0.25, 0.3) is 0 Å². The summed E-state index contributed by atoms with van der Waals surface area (Å²) in [5.74, 6) is -0.381. The van der Waals surface area contributed by atoms with Gasteiger partial charge in [-0.3, -0.25) is 0 Å². The van der Waals surface area contributed by atoms with Crippen molar-refractivity contribution in [1.82, 2.24) is 4.31 Å². The topological polar surface area (TPSA) is 74.7 Å². The molecule has 1 aromatic carbocycles. The van der Waals surface area contributed by atoms with E-state index in [1.165, 1.54) is 28.6 Å². The first-order valence-electron chi connectivity index (χ1n) is 6.16. The highest BCUT2D eigenvalue weighted by atomic mass is 32.2. The van der Waals surface area contributed by atoms with Crippen molar-refractivity contribution in [3.8, 4) is 0 Å². The highest BCUT2D eigenvalue weighted by molar-refractivity contribution is 7.89. The van der Waals surface area contributed by atoms with Crippen molar-refractivity contribution in [3.63, 3.8) is 0 Å². The van der Waals surface area contributed by atoms with Gasteiger partial charge in [-0.2, -0.15) is 4.31 Å². The molecule has 2 rings (SSSR count). The Morgan fingerprint density at radius 3 is 2.05 bits per heavy atom. The van der Waals surface area contributed by atoms with E-state index in [0.29, 0.717) is 24.9 Å². The predicted molar refractivity (Wildman–Crippen MR) is 70.5 cm³/mol. The Balaban J connectivity index is 2.27. The molecule has 0 saturated carbocycles. The largest absolute Gasteiger partial charge is 0.478 e. The van der Waals surface area contributed by atoms with Crippen LogP contribution in [0, 0.1) is 11.8 Å². The predicted octanol–water partition coefficient (Wildman–Crippen LogP) is 1.66. The Hall–Kier alpha value is -1.40. The first-order valence-corrected chi connectivity index (χ1v) is 7.60. The summed E-state index contributed by atoms with van der Waals surface area (Å²) >= 11 is 0. The minimum absolute atomic E-state index is 0.0853. The lowest BCUT2D eigenvalue weighted by Crippen LogP contribution is -2.29. The van der Waals surface area contributed by atoms with E-state index in [1.807, 2.05) is 13.8 Å². The van der Waals surface area contributed by atoms with Crippen molar-refractivity contribution < 1.29 is 18.3 Å². The number of hydrogen-bond acceptors (Lipinski definition) is 3. The molecule has 2 atom stereocenters. The van der Waals surface area contributed by atoms with E-state index >= 15 is 0 Å². The van der Waals surface area contributed by atoms with Crippen molar-refractivity contribution in [2.45, 2.75) is 18.7 Å². The van der Waals surface area contributed by atoms with Gasteiger partial charge < -0.3 is 5.11 Å². The number of aromatic carboxylic acids is 1. The number of rotatable bonds is 3. The van der Waals surface area contributed by atoms with E-state index in [2.05, 4.69) is 0 Å². The van der Waals surface area contributed by atoms with Gasteiger partial charge in [-0.05, 0) is 36.1 Å². The number of carbonyl (C=O) groups is 1. The molecule has 0 aromatic heterocycles. The van der Waals surface area contributed by atoms with Crippen LogP contribution in [0.5, 0.6) is 0 Å². The van der Waals surface area contributed by atoms with Gasteiger partial charge >= 0.3 is 5.97 Å². The lowest BCUT2D eigenvalue weighted by Gasteiger charge is -2.16. The molecule has 2 unspecified atom stereocenters. The van der Waals surface area contributed by atoms with Gasteiger partial charge in [-0.15, -0.1) is 0 Å². The summed E-state index contributed by atoms with van der Waals surface area (Å²) in [5, 5.41) is 8.80. The smallest absolute Gasteiger partial charge is 0.335 e. The third kappa shape index (κ3) is 2.64. The zero-order chi connectivity index (χ0) is 14.2. The van der Waals surface area contributed by atoms with Crippen LogP contribution >= 0.6 is 0 Å². The van der Waals surface area contributed by atoms with Crippen LogP contribution in [0.2, 0.25) is 0 Å². The molecule has 1 N–H and O–H groups in total. The average molecular weight is 283 g/mol. The third-order valence-electron chi connectivity index (χ3n) is 3.69. The van der Waals surface area contributed by atoms with Crippen LogP contribution in [0.4, 0.5) is 0 Å². The van der Waals surface area contributed by atoms with E-state index < -0.39 is 16.0 Å². The Morgan fingerprint density at radius 1 is 1.16 bits per heavy atom. The Labute approximate surface area is 112 Å². The number of carboxylic acid groups (broad SMARTS) is 1. The molecule has 0 radical (unpaired) electrons. The molecular weight excluding hydrogens is 266 g/mol. The lowest BCUT2D eigenvalue weighted by atomic mass is 10.0. The van der Waals surface area contributed by atoms with Crippen LogP contribution in [-0.2, 0) is 10.0 Å². The summed E-state index contributed by atoms with van der Waals surface area (Å²) in [6.07, 6.45) is 0. The monoisotopic (exact) mass is 283 g/mol. The highest BCUT2D eigenvalue weighted by Crippen LogP contribution is 2.28. The fraction of sp³-hybridized carbons (Fsp3) is 0.462. The Kier molecular flexibility index (Phi) is 3.64. The molecule has 0 bridgehead atoms. The molecule has 1 aromatic rings. The maximum atomic E-state index is 12.4. The van der Waals surface area contributed by atoms with Crippen molar-refractivity contribution in [2.24, 2.45) is 11.8 Å². The van der Waals surface area contributed by atoms with Gasteiger partial charge in [0.2, 0.25) is 10.0 Å². The van der Waals surface area contributed by atoms with E-state index in [4.69, 9.17) is 5.11 Å². The summed E-state index contributed by atoms with van der Waals surface area (Å²) in [4.78, 5) is 10.9. The Bertz CT molecular complexity index is 569. The van der Waals surface area contributed by atoms with Crippen LogP contribution in [0.15, 0.2) is 29.2 Å². The third-order valence-corrected chi connectivity index (χ3v) is 5.54. The molecule has 1 aliphatic heterocycles. The average Bonchev–Trinajstić information content (AvgIpc) is 2.70. The fourth-order valence-corrected chi connectivity index (χ4v) is 3.83. The van der Waals surface area contributed by atoms with Crippen LogP contribution in [0.3, 0.4) is 0 Å². The summed E-state index contributed by atoms with van der Waals surface area (Å²) in [5.41, 5.74) is 0.0853. The quantitative estimate of drug-likeness (QED) is 0.915. The molecule has 5 nitrogen and oxygen atoms in total. The molecule has 1 heterocycles. The summed E-state index contributed by atoms with van der Waals surface area (Å²) < 4.78 is 26.2. The van der Waals surface area contributed by atoms with Gasteiger partial charge in [0.05, 0.1) is 10.5 Å². The summed E-state index contributed by atoms with van der Waals surface area (Å²) in [7, 11) is -3.51.